The van der Waals surface area contributed by atoms with Gasteiger partial charge in [0.05, 0.1) is 12.2 Å². The van der Waals surface area contributed by atoms with E-state index in [1.807, 2.05) is 13.0 Å². The molecule has 2 aliphatic rings. The first kappa shape index (κ1) is 13.8. The number of hydrogen-bond acceptors (Lipinski definition) is 3. The molecule has 4 nitrogen and oxygen atoms in total. The second-order valence-corrected chi connectivity index (χ2v) is 6.47. The molecule has 1 atom stereocenters. The number of ether oxygens (including phenoxy) is 2. The molecule has 2 aromatic rings. The van der Waals surface area contributed by atoms with Crippen LogP contribution in [0.25, 0.3) is 10.9 Å². The number of carbonyl (C=O) groups is 1. The average Bonchev–Trinajstić information content (AvgIpc) is 3.13. The topological polar surface area (TPSA) is 51.3 Å². The molecule has 0 amide bonds. The van der Waals surface area contributed by atoms with Gasteiger partial charge in [-0.05, 0) is 62.3 Å². The lowest BCUT2D eigenvalue weighted by molar-refractivity contribution is -0.0132. The van der Waals surface area contributed by atoms with Crippen molar-refractivity contribution in [2.45, 2.75) is 44.1 Å². The second-order valence-electron chi connectivity index (χ2n) is 6.47. The van der Waals surface area contributed by atoms with Gasteiger partial charge in [-0.25, -0.2) is 4.79 Å². The van der Waals surface area contributed by atoms with E-state index in [9.17, 15) is 4.79 Å². The molecule has 2 heterocycles. The highest BCUT2D eigenvalue weighted by atomic mass is 16.5. The predicted octanol–water partition coefficient (Wildman–Crippen LogP) is 3.77. The summed E-state index contributed by atoms with van der Waals surface area (Å²) >= 11 is 0. The third-order valence-corrected chi connectivity index (χ3v) is 4.91. The highest BCUT2D eigenvalue weighted by molar-refractivity contribution is 5.95. The maximum atomic E-state index is 11.8. The molecule has 1 aromatic carbocycles. The van der Waals surface area contributed by atoms with Crippen LogP contribution in [-0.4, -0.2) is 29.8 Å². The van der Waals surface area contributed by atoms with E-state index in [2.05, 4.69) is 23.2 Å². The highest BCUT2D eigenvalue weighted by Crippen LogP contribution is 2.50. The number of aromatic amines is 1. The van der Waals surface area contributed by atoms with E-state index in [0.29, 0.717) is 18.2 Å². The van der Waals surface area contributed by atoms with Crippen LogP contribution in [0.3, 0.4) is 0 Å². The summed E-state index contributed by atoms with van der Waals surface area (Å²) in [5, 5.41) is 1.08. The minimum atomic E-state index is -0.289. The Bertz CT molecular complexity index is 714. The minimum absolute atomic E-state index is 0.187. The third kappa shape index (κ3) is 2.41. The lowest BCUT2D eigenvalue weighted by atomic mass is 9.87. The van der Waals surface area contributed by atoms with Crippen LogP contribution in [0.2, 0.25) is 0 Å². The van der Waals surface area contributed by atoms with Crippen LogP contribution in [0, 0.1) is 0 Å². The second kappa shape index (κ2) is 5.13. The Hall–Kier alpha value is -1.81. The zero-order chi connectivity index (χ0) is 15.2. The summed E-state index contributed by atoms with van der Waals surface area (Å²) in [7, 11) is 0. The number of nitrogens with one attached hydrogen (secondary N) is 1. The van der Waals surface area contributed by atoms with Crippen LogP contribution in [0.1, 0.15) is 54.6 Å². The van der Waals surface area contributed by atoms with Crippen molar-refractivity contribution in [1.29, 1.82) is 0 Å². The highest BCUT2D eigenvalue weighted by Gasteiger charge is 2.47. The van der Waals surface area contributed by atoms with Crippen molar-refractivity contribution in [1.82, 2.24) is 4.98 Å². The van der Waals surface area contributed by atoms with Crippen molar-refractivity contribution in [2.24, 2.45) is 0 Å². The molecular weight excluding hydrogens is 278 g/mol. The smallest absolute Gasteiger partial charge is 0.354 e. The normalized spacial score (nSPS) is 22.9. The zero-order valence-corrected chi connectivity index (χ0v) is 12.9. The number of carbonyl (C=O) groups excluding carboxylic acids is 1. The van der Waals surface area contributed by atoms with E-state index in [1.54, 1.807) is 0 Å². The fourth-order valence-corrected chi connectivity index (χ4v) is 3.52. The van der Waals surface area contributed by atoms with Crippen LogP contribution in [0.4, 0.5) is 0 Å². The summed E-state index contributed by atoms with van der Waals surface area (Å²) in [6.45, 7) is 3.07. The Kier molecular flexibility index (Phi) is 3.22. The van der Waals surface area contributed by atoms with Gasteiger partial charge >= 0.3 is 5.97 Å². The van der Waals surface area contributed by atoms with Crippen LogP contribution >= 0.6 is 0 Å². The first-order valence-corrected chi connectivity index (χ1v) is 8.13. The fraction of sp³-hybridized carbons (Fsp3) is 0.500. The van der Waals surface area contributed by atoms with Gasteiger partial charge in [-0.1, -0.05) is 6.07 Å². The Morgan fingerprint density at radius 2 is 2.27 bits per heavy atom. The van der Waals surface area contributed by atoms with E-state index in [0.717, 1.165) is 30.4 Å². The maximum Gasteiger partial charge on any atom is 0.354 e. The largest absolute Gasteiger partial charge is 0.461 e. The Morgan fingerprint density at radius 3 is 3.05 bits per heavy atom. The third-order valence-electron chi connectivity index (χ3n) is 4.91. The van der Waals surface area contributed by atoms with E-state index in [-0.39, 0.29) is 11.6 Å². The van der Waals surface area contributed by atoms with Gasteiger partial charge in [0, 0.05) is 17.5 Å². The summed E-state index contributed by atoms with van der Waals surface area (Å²) in [6, 6.07) is 8.35. The molecule has 1 saturated heterocycles. The maximum absolute atomic E-state index is 11.8. The van der Waals surface area contributed by atoms with E-state index in [4.69, 9.17) is 9.47 Å². The SMILES string of the molecule is CCOC(=O)c1cc2cc([C@@H]3CCOC4(CC4)C3)ccc2[nH]1. The van der Waals surface area contributed by atoms with E-state index >= 15 is 0 Å². The average molecular weight is 299 g/mol. The molecule has 116 valence electrons. The molecule has 1 aliphatic heterocycles. The molecule has 2 fully saturated rings. The van der Waals surface area contributed by atoms with Gasteiger partial charge in [-0.3, -0.25) is 0 Å². The Morgan fingerprint density at radius 1 is 1.41 bits per heavy atom. The van der Waals surface area contributed by atoms with Crippen LogP contribution in [0.5, 0.6) is 0 Å². The standard InChI is InChI=1S/C18H21NO3/c1-2-21-17(20)16-10-14-9-12(3-4-15(14)19-16)13-5-8-22-18(11-13)6-7-18/h3-4,9-10,13,19H,2,5-8,11H2,1H3/t13-/m1/s1. The number of esters is 1. The van der Waals surface area contributed by atoms with Crippen molar-refractivity contribution < 1.29 is 14.3 Å². The van der Waals surface area contributed by atoms with E-state index in [1.165, 1.54) is 18.4 Å². The Labute approximate surface area is 129 Å². The molecule has 1 aliphatic carbocycles. The predicted molar refractivity (Wildman–Crippen MR) is 84.1 cm³/mol. The lowest BCUT2D eigenvalue weighted by Crippen LogP contribution is -2.25. The monoisotopic (exact) mass is 299 g/mol. The first-order chi connectivity index (χ1) is 10.7. The van der Waals surface area contributed by atoms with Crippen molar-refractivity contribution in [3.05, 3.63) is 35.5 Å². The number of aromatic nitrogens is 1. The van der Waals surface area contributed by atoms with Gasteiger partial charge in [0.25, 0.3) is 0 Å². The molecule has 1 N–H and O–H groups in total. The fourth-order valence-electron chi connectivity index (χ4n) is 3.52. The summed E-state index contributed by atoms with van der Waals surface area (Å²) < 4.78 is 11.0. The van der Waals surface area contributed by atoms with Gasteiger partial charge in [-0.15, -0.1) is 0 Å². The van der Waals surface area contributed by atoms with Crippen molar-refractivity contribution in [3.63, 3.8) is 0 Å². The molecule has 0 unspecified atom stereocenters. The molecule has 1 spiro atoms. The van der Waals surface area contributed by atoms with Crippen molar-refractivity contribution >= 4 is 16.9 Å². The summed E-state index contributed by atoms with van der Waals surface area (Å²) in [6.07, 6.45) is 4.64. The quantitative estimate of drug-likeness (QED) is 0.878. The van der Waals surface area contributed by atoms with Crippen molar-refractivity contribution in [3.8, 4) is 0 Å². The first-order valence-electron chi connectivity index (χ1n) is 8.13. The zero-order valence-electron chi connectivity index (χ0n) is 12.9. The van der Waals surface area contributed by atoms with Crippen molar-refractivity contribution in [2.75, 3.05) is 13.2 Å². The lowest BCUT2D eigenvalue weighted by Gasteiger charge is -2.30. The van der Waals surface area contributed by atoms with Gasteiger partial charge in [0.15, 0.2) is 0 Å². The van der Waals surface area contributed by atoms with Crippen LogP contribution < -0.4 is 0 Å². The number of H-pyrrole nitrogens is 1. The summed E-state index contributed by atoms with van der Waals surface area (Å²) in [4.78, 5) is 15.0. The molecular formula is C18H21NO3. The molecule has 4 rings (SSSR count). The minimum Gasteiger partial charge on any atom is -0.461 e. The summed E-state index contributed by atoms with van der Waals surface area (Å²) in [5.41, 5.74) is 3.06. The van der Waals surface area contributed by atoms with Gasteiger partial charge in [0.1, 0.15) is 5.69 Å². The van der Waals surface area contributed by atoms with Gasteiger partial charge in [0.2, 0.25) is 0 Å². The number of benzene rings is 1. The van der Waals surface area contributed by atoms with E-state index < -0.39 is 0 Å². The number of rotatable bonds is 3. The molecule has 1 saturated carbocycles. The molecule has 4 heteroatoms. The summed E-state index contributed by atoms with van der Waals surface area (Å²) in [5.74, 6) is 0.282. The van der Waals surface area contributed by atoms with Gasteiger partial charge < -0.3 is 14.5 Å². The van der Waals surface area contributed by atoms with Crippen LogP contribution in [-0.2, 0) is 9.47 Å². The number of hydrogen-bond donors (Lipinski definition) is 1. The Balaban J connectivity index is 1.61. The molecule has 0 bridgehead atoms. The number of fused-ring (bicyclic) bond motifs is 1. The molecule has 22 heavy (non-hydrogen) atoms. The van der Waals surface area contributed by atoms with Gasteiger partial charge in [-0.2, -0.15) is 0 Å². The van der Waals surface area contributed by atoms with Crippen LogP contribution in [0.15, 0.2) is 24.3 Å². The molecule has 1 aromatic heterocycles. The molecule has 0 radical (unpaired) electrons.